The third kappa shape index (κ3) is 6.86. The lowest BCUT2D eigenvalue weighted by molar-refractivity contribution is -0.117. The molecule has 0 bridgehead atoms. The highest BCUT2D eigenvalue weighted by molar-refractivity contribution is 5.94. The van der Waals surface area contributed by atoms with Gasteiger partial charge in [-0.2, -0.15) is 0 Å². The first-order chi connectivity index (χ1) is 14.5. The van der Waals surface area contributed by atoms with E-state index < -0.39 is 0 Å². The lowest BCUT2D eigenvalue weighted by Crippen LogP contribution is -2.31. The summed E-state index contributed by atoms with van der Waals surface area (Å²) in [7, 11) is 0. The van der Waals surface area contributed by atoms with Crippen LogP contribution in [0.15, 0.2) is 48.5 Å². The minimum atomic E-state index is -0.0837. The normalized spacial score (nSPS) is 16.4. The summed E-state index contributed by atoms with van der Waals surface area (Å²) in [4.78, 5) is 23.5. The second-order valence-corrected chi connectivity index (χ2v) is 8.08. The molecule has 1 heterocycles. The fourth-order valence-electron chi connectivity index (χ4n) is 3.65. The molecule has 0 radical (unpaired) electrons. The van der Waals surface area contributed by atoms with Gasteiger partial charge < -0.3 is 14.8 Å². The average Bonchev–Trinajstić information content (AvgIpc) is 3.25. The monoisotopic (exact) mass is 403 g/mol. The van der Waals surface area contributed by atoms with Gasteiger partial charge in [-0.3, -0.25) is 4.79 Å². The number of ketones is 1. The first-order valence-corrected chi connectivity index (χ1v) is 10.6. The molecule has 2 aromatic rings. The van der Waals surface area contributed by atoms with Crippen molar-refractivity contribution in [2.75, 3.05) is 13.2 Å². The lowest BCUT2D eigenvalue weighted by Gasteiger charge is -2.10. The van der Waals surface area contributed by atoms with Crippen LogP contribution in [-0.4, -0.2) is 30.9 Å². The highest BCUT2D eigenvalue weighted by Gasteiger charge is 2.16. The first kappa shape index (κ1) is 21.8. The molecule has 30 heavy (non-hydrogen) atoms. The number of hydrogen-bond acceptors (Lipinski definition) is 3. The molecule has 1 aliphatic rings. The van der Waals surface area contributed by atoms with Crippen molar-refractivity contribution in [1.29, 1.82) is 0 Å². The van der Waals surface area contributed by atoms with Gasteiger partial charge in [0.2, 0.25) is 0 Å². The third-order valence-corrected chi connectivity index (χ3v) is 5.19. The summed E-state index contributed by atoms with van der Waals surface area (Å²) in [6, 6.07) is 15.5. The van der Waals surface area contributed by atoms with Crippen LogP contribution < -0.4 is 5.32 Å². The minimum Gasteiger partial charge on any atom is -0.376 e. The average molecular weight is 404 g/mol. The van der Waals surface area contributed by atoms with Crippen LogP contribution in [0.4, 0.5) is 0 Å². The largest absolute Gasteiger partial charge is 0.376 e. The van der Waals surface area contributed by atoms with Gasteiger partial charge in [0, 0.05) is 36.3 Å². The number of nitrogens with one attached hydrogen (secondary N) is 1. The zero-order valence-electron chi connectivity index (χ0n) is 17.7. The Hall–Kier alpha value is -2.90. The second kappa shape index (κ2) is 10.8. The molecule has 2 unspecified atom stereocenters. The topological polar surface area (TPSA) is 55.4 Å². The van der Waals surface area contributed by atoms with Gasteiger partial charge in [0.05, 0.1) is 6.10 Å². The Morgan fingerprint density at radius 1 is 1.07 bits per heavy atom. The molecule has 4 heteroatoms. The maximum absolute atomic E-state index is 12.2. The molecule has 0 aliphatic carbocycles. The van der Waals surface area contributed by atoms with Gasteiger partial charge in [-0.15, -0.1) is 0 Å². The molecule has 0 spiro atoms. The zero-order chi connectivity index (χ0) is 21.3. The Labute approximate surface area is 179 Å². The van der Waals surface area contributed by atoms with Gasteiger partial charge in [-0.05, 0) is 74.1 Å². The molecule has 0 aromatic heterocycles. The van der Waals surface area contributed by atoms with Crippen LogP contribution >= 0.6 is 0 Å². The number of hydrogen-bond donors (Lipinski definition) is 1. The van der Waals surface area contributed by atoms with Crippen molar-refractivity contribution in [2.24, 2.45) is 5.92 Å². The van der Waals surface area contributed by atoms with Crippen molar-refractivity contribution in [3.05, 3.63) is 70.8 Å². The van der Waals surface area contributed by atoms with E-state index in [2.05, 4.69) is 36.2 Å². The molecule has 2 atom stereocenters. The van der Waals surface area contributed by atoms with Gasteiger partial charge in [0.1, 0.15) is 5.78 Å². The standard InChI is InChI=1S/C26H29NO3/c1-19(16-20(2)28)17-23-9-7-21(8-10-23)5-6-22-11-13-24(14-12-22)26(29)27-18-25-4-3-15-30-25/h7-14,19,25H,3-4,15-18H2,1-2H3,(H,27,29). The first-order valence-electron chi connectivity index (χ1n) is 10.6. The predicted octanol–water partition coefficient (Wildman–Crippen LogP) is 4.15. The summed E-state index contributed by atoms with van der Waals surface area (Å²) in [6.45, 7) is 5.08. The summed E-state index contributed by atoms with van der Waals surface area (Å²) in [5.74, 6) is 6.80. The molecule has 4 nitrogen and oxygen atoms in total. The molecule has 2 aromatic carbocycles. The second-order valence-electron chi connectivity index (χ2n) is 8.08. The van der Waals surface area contributed by atoms with Crippen LogP contribution in [0, 0.1) is 17.8 Å². The highest BCUT2D eigenvalue weighted by atomic mass is 16.5. The molecular formula is C26H29NO3. The van der Waals surface area contributed by atoms with Crippen LogP contribution in [0.1, 0.15) is 60.2 Å². The molecule has 156 valence electrons. The minimum absolute atomic E-state index is 0.0837. The Kier molecular flexibility index (Phi) is 7.82. The Morgan fingerprint density at radius 3 is 2.27 bits per heavy atom. The Morgan fingerprint density at radius 2 is 1.70 bits per heavy atom. The molecule has 1 aliphatic heterocycles. The number of Topliss-reactive ketones (excluding diaryl/α,β-unsaturated/α-hetero) is 1. The van der Waals surface area contributed by atoms with E-state index in [1.165, 1.54) is 5.56 Å². The Bertz CT molecular complexity index is 913. The van der Waals surface area contributed by atoms with Gasteiger partial charge in [-0.1, -0.05) is 30.9 Å². The van der Waals surface area contributed by atoms with E-state index in [9.17, 15) is 9.59 Å². The fraction of sp³-hybridized carbons (Fsp3) is 0.385. The van der Waals surface area contributed by atoms with E-state index >= 15 is 0 Å². The number of ether oxygens (including phenoxy) is 1. The van der Waals surface area contributed by atoms with Crippen LogP contribution in [0.3, 0.4) is 0 Å². The van der Waals surface area contributed by atoms with Crippen LogP contribution in [-0.2, 0) is 16.0 Å². The van der Waals surface area contributed by atoms with E-state index in [0.29, 0.717) is 24.4 Å². The van der Waals surface area contributed by atoms with Crippen molar-refractivity contribution in [2.45, 2.75) is 45.6 Å². The van der Waals surface area contributed by atoms with E-state index in [-0.39, 0.29) is 17.8 Å². The maximum Gasteiger partial charge on any atom is 0.251 e. The van der Waals surface area contributed by atoms with E-state index in [1.54, 1.807) is 19.1 Å². The van der Waals surface area contributed by atoms with Gasteiger partial charge in [-0.25, -0.2) is 0 Å². The maximum atomic E-state index is 12.2. The number of amides is 1. The molecule has 0 saturated carbocycles. The number of carbonyl (C=O) groups is 2. The summed E-state index contributed by atoms with van der Waals surface area (Å²) < 4.78 is 5.53. The zero-order valence-corrected chi connectivity index (χ0v) is 17.7. The highest BCUT2D eigenvalue weighted by Crippen LogP contribution is 2.14. The summed E-state index contributed by atoms with van der Waals surface area (Å²) in [6.07, 6.45) is 3.72. The molecule has 1 amide bonds. The van der Waals surface area contributed by atoms with Gasteiger partial charge >= 0.3 is 0 Å². The van der Waals surface area contributed by atoms with Crippen molar-refractivity contribution in [1.82, 2.24) is 5.32 Å². The van der Waals surface area contributed by atoms with Crippen molar-refractivity contribution in [3.63, 3.8) is 0 Å². The quantitative estimate of drug-likeness (QED) is 0.707. The number of rotatable bonds is 7. The third-order valence-electron chi connectivity index (χ3n) is 5.19. The van der Waals surface area contributed by atoms with Gasteiger partial charge in [0.25, 0.3) is 5.91 Å². The van der Waals surface area contributed by atoms with Gasteiger partial charge in [0.15, 0.2) is 0 Å². The lowest BCUT2D eigenvalue weighted by atomic mass is 9.96. The van der Waals surface area contributed by atoms with Crippen LogP contribution in [0.25, 0.3) is 0 Å². The van der Waals surface area contributed by atoms with E-state index in [1.807, 2.05) is 24.3 Å². The van der Waals surface area contributed by atoms with Crippen molar-refractivity contribution in [3.8, 4) is 11.8 Å². The molecule has 1 N–H and O–H groups in total. The summed E-state index contributed by atoms with van der Waals surface area (Å²) in [5, 5.41) is 2.93. The summed E-state index contributed by atoms with van der Waals surface area (Å²) >= 11 is 0. The summed E-state index contributed by atoms with van der Waals surface area (Å²) in [5.41, 5.74) is 3.65. The number of benzene rings is 2. The predicted molar refractivity (Wildman–Crippen MR) is 118 cm³/mol. The molecule has 1 saturated heterocycles. The molecule has 3 rings (SSSR count). The smallest absolute Gasteiger partial charge is 0.251 e. The van der Waals surface area contributed by atoms with Crippen molar-refractivity contribution >= 4 is 11.7 Å². The van der Waals surface area contributed by atoms with E-state index in [4.69, 9.17) is 4.74 Å². The Balaban J connectivity index is 1.53. The fourth-order valence-corrected chi connectivity index (χ4v) is 3.65. The van der Waals surface area contributed by atoms with Crippen molar-refractivity contribution < 1.29 is 14.3 Å². The van der Waals surface area contributed by atoms with E-state index in [0.717, 1.165) is 37.0 Å². The number of carbonyl (C=O) groups excluding carboxylic acids is 2. The van der Waals surface area contributed by atoms with Crippen LogP contribution in [0.2, 0.25) is 0 Å². The van der Waals surface area contributed by atoms with Crippen LogP contribution in [0.5, 0.6) is 0 Å². The molecule has 1 fully saturated rings. The SMILES string of the molecule is CC(=O)CC(C)Cc1ccc(C#Cc2ccc(C(=O)NCC3CCCO3)cc2)cc1. The molecular weight excluding hydrogens is 374 g/mol.